The lowest BCUT2D eigenvalue weighted by molar-refractivity contribution is 0.240. The number of hydrogen-bond acceptors (Lipinski definition) is 5. The number of hydrogen-bond donors (Lipinski definition) is 1. The van der Waals surface area contributed by atoms with Crippen LogP contribution in [0.5, 0.6) is 0 Å². The Hall–Kier alpha value is -1.95. The topological polar surface area (TPSA) is 67.1 Å². The molecule has 1 saturated heterocycles. The lowest BCUT2D eigenvalue weighted by Gasteiger charge is -2.32. The van der Waals surface area contributed by atoms with E-state index < -0.39 is 0 Å². The molecule has 3 heterocycles. The van der Waals surface area contributed by atoms with E-state index in [1.54, 1.807) is 6.20 Å². The normalized spacial score (nSPS) is 16.4. The van der Waals surface area contributed by atoms with Crippen molar-refractivity contribution in [2.24, 2.45) is 13.0 Å². The zero-order valence-electron chi connectivity index (χ0n) is 12.3. The highest BCUT2D eigenvalue weighted by Gasteiger charge is 2.20. The minimum absolute atomic E-state index is 0.294. The number of rotatable bonds is 4. The SMILES string of the molecule is Cn1ccnc1-c1ccc(N2CCC(CCO)CC2)nn1. The number of anilines is 1. The van der Waals surface area contributed by atoms with Gasteiger partial charge in [0.25, 0.3) is 0 Å². The second-order valence-electron chi connectivity index (χ2n) is 5.58. The first kappa shape index (κ1) is 14.0. The smallest absolute Gasteiger partial charge is 0.160 e. The Morgan fingerprint density at radius 3 is 2.62 bits per heavy atom. The number of nitrogens with zero attached hydrogens (tertiary/aromatic N) is 5. The van der Waals surface area contributed by atoms with Crippen molar-refractivity contribution in [3.63, 3.8) is 0 Å². The van der Waals surface area contributed by atoms with Crippen LogP contribution in [-0.4, -0.2) is 44.6 Å². The van der Waals surface area contributed by atoms with Gasteiger partial charge in [-0.15, -0.1) is 10.2 Å². The highest BCUT2D eigenvalue weighted by Crippen LogP contribution is 2.24. The summed E-state index contributed by atoms with van der Waals surface area (Å²) in [6.45, 7) is 2.27. The van der Waals surface area contributed by atoms with Crippen molar-refractivity contribution in [2.45, 2.75) is 19.3 Å². The molecule has 0 atom stereocenters. The molecule has 3 rings (SSSR count). The third-order valence-electron chi connectivity index (χ3n) is 4.18. The van der Waals surface area contributed by atoms with E-state index >= 15 is 0 Å². The van der Waals surface area contributed by atoms with Crippen LogP contribution in [0.15, 0.2) is 24.5 Å². The Labute approximate surface area is 124 Å². The van der Waals surface area contributed by atoms with E-state index in [-0.39, 0.29) is 0 Å². The minimum atomic E-state index is 0.294. The monoisotopic (exact) mass is 287 g/mol. The van der Waals surface area contributed by atoms with Gasteiger partial charge in [-0.25, -0.2) is 4.98 Å². The maximum absolute atomic E-state index is 9.00. The van der Waals surface area contributed by atoms with Crippen molar-refractivity contribution in [1.82, 2.24) is 19.7 Å². The van der Waals surface area contributed by atoms with Crippen LogP contribution in [0.25, 0.3) is 11.5 Å². The molecule has 112 valence electrons. The molecule has 1 aliphatic heterocycles. The van der Waals surface area contributed by atoms with Crippen molar-refractivity contribution >= 4 is 5.82 Å². The van der Waals surface area contributed by atoms with E-state index in [0.717, 1.165) is 49.7 Å². The Kier molecular flexibility index (Phi) is 4.15. The molecule has 0 unspecified atom stereocenters. The molecule has 2 aromatic heterocycles. The Balaban J connectivity index is 1.67. The molecule has 21 heavy (non-hydrogen) atoms. The van der Waals surface area contributed by atoms with Crippen LogP contribution in [0.1, 0.15) is 19.3 Å². The van der Waals surface area contributed by atoms with E-state index in [4.69, 9.17) is 5.11 Å². The summed E-state index contributed by atoms with van der Waals surface area (Å²) in [5.74, 6) is 2.40. The first-order valence-corrected chi connectivity index (χ1v) is 7.45. The molecule has 1 fully saturated rings. The molecule has 0 aliphatic carbocycles. The van der Waals surface area contributed by atoms with Crippen molar-refractivity contribution < 1.29 is 5.11 Å². The van der Waals surface area contributed by atoms with Gasteiger partial charge in [0.1, 0.15) is 5.69 Å². The Morgan fingerprint density at radius 1 is 1.24 bits per heavy atom. The molecule has 6 nitrogen and oxygen atoms in total. The lowest BCUT2D eigenvalue weighted by Crippen LogP contribution is -2.34. The fraction of sp³-hybridized carbons (Fsp3) is 0.533. The molecule has 1 N–H and O–H groups in total. The Bertz CT molecular complexity index is 572. The largest absolute Gasteiger partial charge is 0.396 e. The number of imidazole rings is 1. The second kappa shape index (κ2) is 6.22. The van der Waals surface area contributed by atoms with Gasteiger partial charge in [0.05, 0.1) is 0 Å². The average Bonchev–Trinajstić information content (AvgIpc) is 2.95. The first-order valence-electron chi connectivity index (χ1n) is 7.45. The zero-order valence-corrected chi connectivity index (χ0v) is 12.3. The van der Waals surface area contributed by atoms with E-state index in [2.05, 4.69) is 20.1 Å². The number of aromatic nitrogens is 4. The summed E-state index contributed by atoms with van der Waals surface area (Å²) in [5.41, 5.74) is 0.793. The van der Waals surface area contributed by atoms with E-state index in [1.165, 1.54) is 0 Å². The first-order chi connectivity index (χ1) is 10.3. The van der Waals surface area contributed by atoms with E-state index in [0.29, 0.717) is 12.5 Å². The summed E-state index contributed by atoms with van der Waals surface area (Å²) in [5, 5.41) is 17.6. The van der Waals surface area contributed by atoms with Crippen LogP contribution in [0, 0.1) is 5.92 Å². The molecule has 0 spiro atoms. The highest BCUT2D eigenvalue weighted by atomic mass is 16.3. The van der Waals surface area contributed by atoms with Gasteiger partial charge >= 0.3 is 0 Å². The number of aliphatic hydroxyl groups is 1. The van der Waals surface area contributed by atoms with Gasteiger partial charge in [-0.3, -0.25) is 0 Å². The van der Waals surface area contributed by atoms with Crippen molar-refractivity contribution in [2.75, 3.05) is 24.6 Å². The lowest BCUT2D eigenvalue weighted by atomic mass is 9.94. The summed E-state index contributed by atoms with van der Waals surface area (Å²) in [7, 11) is 1.95. The fourth-order valence-corrected chi connectivity index (χ4v) is 2.86. The van der Waals surface area contributed by atoms with Gasteiger partial charge in [-0.1, -0.05) is 0 Å². The standard InChI is InChI=1S/C15H21N5O/c1-19-10-7-16-15(19)13-2-3-14(18-17-13)20-8-4-12(5-9-20)6-11-21/h2-3,7,10,12,21H,4-6,8-9,11H2,1H3. The second-order valence-corrected chi connectivity index (χ2v) is 5.58. The maximum atomic E-state index is 9.00. The van der Waals surface area contributed by atoms with Gasteiger partial charge in [0.15, 0.2) is 11.6 Å². The number of aliphatic hydroxyl groups excluding tert-OH is 1. The van der Waals surface area contributed by atoms with E-state index in [1.807, 2.05) is 29.9 Å². The van der Waals surface area contributed by atoms with Crippen molar-refractivity contribution in [1.29, 1.82) is 0 Å². The van der Waals surface area contributed by atoms with Crippen molar-refractivity contribution in [3.8, 4) is 11.5 Å². The van der Waals surface area contributed by atoms with Crippen LogP contribution in [0.2, 0.25) is 0 Å². The maximum Gasteiger partial charge on any atom is 0.160 e. The molecule has 0 radical (unpaired) electrons. The zero-order chi connectivity index (χ0) is 14.7. The summed E-state index contributed by atoms with van der Waals surface area (Å²) in [6.07, 6.45) is 6.80. The van der Waals surface area contributed by atoms with Crippen LogP contribution >= 0.6 is 0 Å². The third-order valence-corrected chi connectivity index (χ3v) is 4.18. The molecular formula is C15H21N5O. The number of aryl methyl sites for hydroxylation is 1. The molecule has 0 saturated carbocycles. The molecule has 0 amide bonds. The summed E-state index contributed by atoms with van der Waals surface area (Å²) < 4.78 is 1.93. The van der Waals surface area contributed by atoms with Gasteiger partial charge in [0.2, 0.25) is 0 Å². The summed E-state index contributed by atoms with van der Waals surface area (Å²) in [4.78, 5) is 6.55. The molecule has 2 aromatic rings. The van der Waals surface area contributed by atoms with Gasteiger partial charge in [-0.2, -0.15) is 0 Å². The van der Waals surface area contributed by atoms with Crippen LogP contribution < -0.4 is 4.90 Å². The molecule has 0 bridgehead atoms. The molecule has 6 heteroatoms. The number of piperidine rings is 1. The predicted octanol–water partition coefficient (Wildman–Crippen LogP) is 1.48. The van der Waals surface area contributed by atoms with Gasteiger partial charge in [0, 0.05) is 39.1 Å². The Morgan fingerprint density at radius 2 is 2.05 bits per heavy atom. The average molecular weight is 287 g/mol. The van der Waals surface area contributed by atoms with Crippen LogP contribution in [-0.2, 0) is 7.05 Å². The summed E-state index contributed by atoms with van der Waals surface area (Å²) in [6, 6.07) is 3.99. The quantitative estimate of drug-likeness (QED) is 0.922. The molecule has 1 aliphatic rings. The molecule has 0 aromatic carbocycles. The van der Waals surface area contributed by atoms with E-state index in [9.17, 15) is 0 Å². The van der Waals surface area contributed by atoms with Crippen LogP contribution in [0.4, 0.5) is 5.82 Å². The van der Waals surface area contributed by atoms with Gasteiger partial charge in [-0.05, 0) is 37.3 Å². The predicted molar refractivity (Wildman–Crippen MR) is 80.9 cm³/mol. The molecular weight excluding hydrogens is 266 g/mol. The third kappa shape index (κ3) is 3.05. The van der Waals surface area contributed by atoms with Crippen molar-refractivity contribution in [3.05, 3.63) is 24.5 Å². The van der Waals surface area contributed by atoms with Gasteiger partial charge < -0.3 is 14.6 Å². The summed E-state index contributed by atoms with van der Waals surface area (Å²) >= 11 is 0. The fourth-order valence-electron chi connectivity index (χ4n) is 2.86. The van der Waals surface area contributed by atoms with Crippen LogP contribution in [0.3, 0.4) is 0 Å². The highest BCUT2D eigenvalue weighted by molar-refractivity contribution is 5.51. The minimum Gasteiger partial charge on any atom is -0.396 e.